The number of hydrogen-bond donors (Lipinski definition) is 5. The van der Waals surface area contributed by atoms with Gasteiger partial charge in [0.1, 0.15) is 0 Å². The maximum Gasteiger partial charge on any atom is 0.433 e. The first-order valence-corrected chi connectivity index (χ1v) is 8.01. The highest BCUT2D eigenvalue weighted by molar-refractivity contribution is 8.15. The molecule has 0 aliphatic carbocycles. The zero-order valence-electron chi connectivity index (χ0n) is 11.5. The lowest BCUT2D eigenvalue weighted by Crippen LogP contribution is -2.23. The summed E-state index contributed by atoms with van der Waals surface area (Å²) < 4.78 is 10.0. The van der Waals surface area contributed by atoms with Gasteiger partial charge in [-0.1, -0.05) is 5.16 Å². The van der Waals surface area contributed by atoms with Gasteiger partial charge in [-0.3, -0.25) is 9.63 Å². The summed E-state index contributed by atoms with van der Waals surface area (Å²) in [6.07, 6.45) is 0.847. The Hall–Kier alpha value is -1.13. The fraction of sp³-hybridized carbons (Fsp3) is 0.625. The van der Waals surface area contributed by atoms with E-state index in [-0.39, 0.29) is 11.1 Å². The van der Waals surface area contributed by atoms with Gasteiger partial charge in [0.25, 0.3) is 5.91 Å². The normalized spacial score (nSPS) is 11.4. The standard InChI is InChI=1S/C5H9N3O3S.C3H10NO3P/c1-7-5(10)11-8-4(12-2)3(6)9;1-3(2)4-8(5,6)7/h1-2H3,(H2,6,9)(H,7,10);3H,1-2H3,(H3,4,5,6,7). The lowest BCUT2D eigenvalue weighted by molar-refractivity contribution is -0.111. The maximum atomic E-state index is 10.5. The summed E-state index contributed by atoms with van der Waals surface area (Å²) in [6, 6.07) is -0.171. The summed E-state index contributed by atoms with van der Waals surface area (Å²) in [5, 5.41) is 7.35. The molecule has 0 aromatic heterocycles. The van der Waals surface area contributed by atoms with Crippen molar-refractivity contribution in [3.8, 4) is 0 Å². The van der Waals surface area contributed by atoms with Crippen LogP contribution in [0.1, 0.15) is 13.8 Å². The van der Waals surface area contributed by atoms with Crippen molar-refractivity contribution < 1.29 is 28.8 Å². The summed E-state index contributed by atoms with van der Waals surface area (Å²) in [5.74, 6) is -0.730. The fourth-order valence-electron chi connectivity index (χ4n) is 0.648. The average molecular weight is 330 g/mol. The second kappa shape index (κ2) is 10.6. The summed E-state index contributed by atoms with van der Waals surface area (Å²) in [7, 11) is -2.60. The minimum atomic E-state index is -3.97. The molecule has 0 aliphatic rings. The number of rotatable bonds is 3. The largest absolute Gasteiger partial charge is 0.433 e. The highest BCUT2D eigenvalue weighted by Gasteiger charge is 2.12. The first-order valence-electron chi connectivity index (χ1n) is 5.17. The number of nitrogens with zero attached hydrogens (tertiary/aromatic N) is 1. The molecule has 6 N–H and O–H groups in total. The van der Waals surface area contributed by atoms with Gasteiger partial charge < -0.3 is 20.8 Å². The molecule has 0 atom stereocenters. The van der Waals surface area contributed by atoms with Gasteiger partial charge >= 0.3 is 13.8 Å². The molecule has 0 fully saturated rings. The van der Waals surface area contributed by atoms with Crippen LogP contribution in [0.5, 0.6) is 0 Å². The SMILES string of the molecule is CC(C)NP(=O)(O)O.CNC(=O)ON=C(SC)C(N)=O. The predicted molar refractivity (Wildman–Crippen MR) is 76.0 cm³/mol. The van der Waals surface area contributed by atoms with E-state index in [0.717, 1.165) is 11.8 Å². The smallest absolute Gasteiger partial charge is 0.364 e. The van der Waals surface area contributed by atoms with E-state index in [4.69, 9.17) is 15.5 Å². The van der Waals surface area contributed by atoms with Crippen LogP contribution in [0.2, 0.25) is 0 Å². The minimum Gasteiger partial charge on any atom is -0.364 e. The highest BCUT2D eigenvalue weighted by Crippen LogP contribution is 2.28. The van der Waals surface area contributed by atoms with Crippen molar-refractivity contribution in [3.05, 3.63) is 0 Å². The number of amides is 2. The predicted octanol–water partition coefficient (Wildman–Crippen LogP) is -0.419. The van der Waals surface area contributed by atoms with E-state index in [0.29, 0.717) is 0 Å². The van der Waals surface area contributed by atoms with Crippen LogP contribution in [0, 0.1) is 0 Å². The van der Waals surface area contributed by atoms with E-state index in [1.807, 2.05) is 5.09 Å². The second-order valence-electron chi connectivity index (χ2n) is 3.42. The lowest BCUT2D eigenvalue weighted by atomic mass is 10.4. The van der Waals surface area contributed by atoms with Crippen molar-refractivity contribution in [1.82, 2.24) is 10.4 Å². The van der Waals surface area contributed by atoms with Crippen molar-refractivity contribution in [1.29, 1.82) is 0 Å². The molecule has 2 amide bonds. The number of hydrogen-bond acceptors (Lipinski definition) is 6. The van der Waals surface area contributed by atoms with Gasteiger partial charge in [-0.25, -0.2) is 14.4 Å². The monoisotopic (exact) mass is 330 g/mol. The van der Waals surface area contributed by atoms with Gasteiger partial charge in [-0.05, 0) is 20.1 Å². The van der Waals surface area contributed by atoms with Crippen LogP contribution < -0.4 is 16.1 Å². The summed E-state index contributed by atoms with van der Waals surface area (Å²) in [6.45, 7) is 3.33. The summed E-state index contributed by atoms with van der Waals surface area (Å²) >= 11 is 1.00. The molecule has 0 bridgehead atoms. The summed E-state index contributed by atoms with van der Waals surface area (Å²) in [4.78, 5) is 41.5. The molecular weight excluding hydrogens is 311 g/mol. The first-order chi connectivity index (χ1) is 9.03. The molecule has 10 nitrogen and oxygen atoms in total. The number of oxime groups is 1. The van der Waals surface area contributed by atoms with Crippen molar-refractivity contribution in [2.75, 3.05) is 13.3 Å². The van der Waals surface area contributed by atoms with Crippen LogP contribution in [-0.2, 0) is 14.2 Å². The minimum absolute atomic E-state index is 0.0569. The Morgan fingerprint density at radius 3 is 2.10 bits per heavy atom. The Labute approximate surface area is 120 Å². The van der Waals surface area contributed by atoms with Gasteiger partial charge in [0.05, 0.1) is 0 Å². The van der Waals surface area contributed by atoms with Crippen LogP contribution >= 0.6 is 19.5 Å². The third-order valence-electron chi connectivity index (χ3n) is 1.25. The van der Waals surface area contributed by atoms with E-state index < -0.39 is 19.7 Å². The van der Waals surface area contributed by atoms with Gasteiger partial charge in [0.15, 0.2) is 0 Å². The van der Waals surface area contributed by atoms with E-state index in [2.05, 4.69) is 15.3 Å². The molecule has 0 radical (unpaired) electrons. The number of carbonyl (C=O) groups excluding carboxylic acids is 2. The number of nitrogens with one attached hydrogen (secondary N) is 2. The number of nitrogens with two attached hydrogens (primary N) is 1. The van der Waals surface area contributed by atoms with E-state index in [1.54, 1.807) is 20.1 Å². The van der Waals surface area contributed by atoms with Crippen LogP contribution in [0.4, 0.5) is 4.79 Å². The number of carbonyl (C=O) groups is 2. The van der Waals surface area contributed by atoms with Crippen molar-refractivity contribution in [3.63, 3.8) is 0 Å². The molecule has 0 rings (SSSR count). The van der Waals surface area contributed by atoms with Crippen LogP contribution in [0.25, 0.3) is 0 Å². The molecule has 118 valence electrons. The highest BCUT2D eigenvalue weighted by atomic mass is 32.2. The Balaban J connectivity index is 0. The van der Waals surface area contributed by atoms with E-state index >= 15 is 0 Å². The molecule has 0 heterocycles. The van der Waals surface area contributed by atoms with Crippen LogP contribution in [0.15, 0.2) is 5.16 Å². The molecular formula is C8H19N4O6PS. The number of thioether (sulfide) groups is 1. The zero-order chi connectivity index (χ0) is 16.3. The molecule has 0 unspecified atom stereocenters. The average Bonchev–Trinajstić information content (AvgIpc) is 2.26. The van der Waals surface area contributed by atoms with Crippen LogP contribution in [0.3, 0.4) is 0 Å². The second-order valence-corrected chi connectivity index (χ2v) is 5.56. The third-order valence-corrected chi connectivity index (χ3v) is 2.76. The molecule has 0 aromatic rings. The third kappa shape index (κ3) is 14.9. The summed E-state index contributed by atoms with van der Waals surface area (Å²) in [5.41, 5.74) is 4.87. The molecule has 20 heavy (non-hydrogen) atoms. The Morgan fingerprint density at radius 1 is 1.40 bits per heavy atom. The fourth-order valence-corrected chi connectivity index (χ4v) is 1.63. The van der Waals surface area contributed by atoms with E-state index in [1.165, 1.54) is 7.05 Å². The molecule has 0 saturated carbocycles. The van der Waals surface area contributed by atoms with Gasteiger partial charge in [0.2, 0.25) is 5.04 Å². The molecule has 0 spiro atoms. The van der Waals surface area contributed by atoms with E-state index in [9.17, 15) is 14.2 Å². The van der Waals surface area contributed by atoms with Crippen molar-refractivity contribution in [2.45, 2.75) is 19.9 Å². The Morgan fingerprint density at radius 2 is 1.90 bits per heavy atom. The zero-order valence-corrected chi connectivity index (χ0v) is 13.2. The Bertz CT molecular complexity index is 396. The first kappa shape index (κ1) is 21.2. The molecule has 12 heteroatoms. The van der Waals surface area contributed by atoms with Gasteiger partial charge in [-0.15, -0.1) is 11.8 Å². The van der Waals surface area contributed by atoms with Gasteiger partial charge in [0, 0.05) is 13.1 Å². The van der Waals surface area contributed by atoms with Gasteiger partial charge in [-0.2, -0.15) is 0 Å². The molecule has 0 aliphatic heterocycles. The Kier molecular flexibility index (Phi) is 11.3. The molecule has 0 aromatic carbocycles. The van der Waals surface area contributed by atoms with Crippen molar-refractivity contribution >= 4 is 36.6 Å². The quantitative estimate of drug-likeness (QED) is 0.153. The van der Waals surface area contributed by atoms with Crippen molar-refractivity contribution in [2.24, 2.45) is 10.9 Å². The lowest BCUT2D eigenvalue weighted by Gasteiger charge is -2.07. The van der Waals surface area contributed by atoms with Crippen LogP contribution in [-0.4, -0.2) is 46.2 Å². The molecule has 0 saturated heterocycles. The maximum absolute atomic E-state index is 10.5. The topological polar surface area (TPSA) is 163 Å². The number of primary amides is 1.